The Kier molecular flexibility index (Phi) is 8.02. The van der Waals surface area contributed by atoms with E-state index in [-0.39, 0.29) is 11.5 Å². The average Bonchev–Trinajstić information content (AvgIpc) is 3.20. The van der Waals surface area contributed by atoms with Crippen molar-refractivity contribution >= 4 is 35.0 Å². The molecular formula is C29H27N3O2S. The SMILES string of the molecule is CCCCc1ccc(NC(=O)/C(C#N)=C2/S[C@H](Cc3ccccc3)C(=O)N2c2ccccc2)cc1. The second-order valence-corrected chi connectivity index (χ2v) is 9.54. The molecule has 1 saturated heterocycles. The number of nitriles is 1. The first-order chi connectivity index (χ1) is 17.1. The van der Waals surface area contributed by atoms with Crippen molar-refractivity contribution in [3.05, 3.63) is 107 Å². The zero-order valence-corrected chi connectivity index (χ0v) is 20.4. The Bertz CT molecular complexity index is 1250. The lowest BCUT2D eigenvalue weighted by Crippen LogP contribution is -2.30. The molecule has 1 aliphatic heterocycles. The summed E-state index contributed by atoms with van der Waals surface area (Å²) in [4.78, 5) is 28.2. The van der Waals surface area contributed by atoms with Crippen LogP contribution in [0.5, 0.6) is 0 Å². The van der Waals surface area contributed by atoms with Gasteiger partial charge < -0.3 is 5.32 Å². The first-order valence-electron chi connectivity index (χ1n) is 11.7. The summed E-state index contributed by atoms with van der Waals surface area (Å²) in [5.74, 6) is -0.661. The van der Waals surface area contributed by atoms with E-state index < -0.39 is 11.2 Å². The number of nitrogens with one attached hydrogen (secondary N) is 1. The van der Waals surface area contributed by atoms with Crippen LogP contribution in [-0.2, 0) is 22.4 Å². The molecule has 5 nitrogen and oxygen atoms in total. The molecule has 0 aliphatic carbocycles. The van der Waals surface area contributed by atoms with Crippen molar-refractivity contribution in [1.29, 1.82) is 5.26 Å². The summed E-state index contributed by atoms with van der Waals surface area (Å²) in [6.45, 7) is 2.15. The van der Waals surface area contributed by atoms with E-state index in [1.165, 1.54) is 22.2 Å². The molecule has 1 heterocycles. The average molecular weight is 482 g/mol. The van der Waals surface area contributed by atoms with Gasteiger partial charge in [-0.05, 0) is 54.7 Å². The van der Waals surface area contributed by atoms with Crippen LogP contribution in [0.4, 0.5) is 11.4 Å². The Balaban J connectivity index is 1.63. The third-order valence-electron chi connectivity index (χ3n) is 5.81. The highest BCUT2D eigenvalue weighted by Crippen LogP contribution is 2.42. The van der Waals surface area contributed by atoms with Gasteiger partial charge in [-0.15, -0.1) is 0 Å². The predicted molar refractivity (Wildman–Crippen MR) is 142 cm³/mol. The van der Waals surface area contributed by atoms with Gasteiger partial charge in [0.05, 0.1) is 5.25 Å². The van der Waals surface area contributed by atoms with Gasteiger partial charge in [-0.1, -0.05) is 85.8 Å². The van der Waals surface area contributed by atoms with Gasteiger partial charge in [-0.25, -0.2) is 0 Å². The molecule has 1 N–H and O–H groups in total. The molecule has 1 atom stereocenters. The van der Waals surface area contributed by atoms with Crippen molar-refractivity contribution in [1.82, 2.24) is 0 Å². The first kappa shape index (κ1) is 24.3. The molecule has 3 aromatic rings. The summed E-state index contributed by atoms with van der Waals surface area (Å²) in [6.07, 6.45) is 3.74. The third kappa shape index (κ3) is 5.82. The monoisotopic (exact) mass is 481 g/mol. The molecular weight excluding hydrogens is 454 g/mol. The second-order valence-electron chi connectivity index (χ2n) is 8.35. The van der Waals surface area contributed by atoms with Crippen molar-refractivity contribution in [2.75, 3.05) is 10.2 Å². The van der Waals surface area contributed by atoms with E-state index in [2.05, 4.69) is 18.3 Å². The summed E-state index contributed by atoms with van der Waals surface area (Å²) < 4.78 is 0. The number of rotatable bonds is 8. The number of unbranched alkanes of at least 4 members (excludes halogenated alkanes) is 1. The van der Waals surface area contributed by atoms with Crippen LogP contribution < -0.4 is 10.2 Å². The number of para-hydroxylation sites is 1. The van der Waals surface area contributed by atoms with Gasteiger partial charge in [-0.3, -0.25) is 14.5 Å². The molecule has 2 amide bonds. The number of nitrogens with zero attached hydrogens (tertiary/aromatic N) is 2. The van der Waals surface area contributed by atoms with E-state index in [1.54, 1.807) is 0 Å². The minimum atomic E-state index is -0.523. The fourth-order valence-corrected chi connectivity index (χ4v) is 5.26. The van der Waals surface area contributed by atoms with Gasteiger partial charge in [0.1, 0.15) is 16.7 Å². The van der Waals surface area contributed by atoms with Gasteiger partial charge in [0.15, 0.2) is 0 Å². The molecule has 6 heteroatoms. The van der Waals surface area contributed by atoms with Gasteiger partial charge in [0.2, 0.25) is 5.91 Å². The first-order valence-corrected chi connectivity index (χ1v) is 12.6. The lowest BCUT2D eigenvalue weighted by atomic mass is 10.1. The Morgan fingerprint density at radius 1 is 0.971 bits per heavy atom. The molecule has 0 radical (unpaired) electrons. The molecule has 1 fully saturated rings. The van der Waals surface area contributed by atoms with E-state index in [0.29, 0.717) is 22.8 Å². The van der Waals surface area contributed by atoms with Crippen molar-refractivity contribution in [3.63, 3.8) is 0 Å². The number of benzene rings is 3. The highest BCUT2D eigenvalue weighted by Gasteiger charge is 2.40. The van der Waals surface area contributed by atoms with Crippen molar-refractivity contribution in [2.24, 2.45) is 0 Å². The number of aryl methyl sites for hydroxylation is 1. The quantitative estimate of drug-likeness (QED) is 0.312. The maximum atomic E-state index is 13.5. The number of carbonyl (C=O) groups is 2. The number of hydrogen-bond donors (Lipinski definition) is 1. The Labute approximate surface area is 210 Å². The lowest BCUT2D eigenvalue weighted by Gasteiger charge is -2.18. The zero-order valence-electron chi connectivity index (χ0n) is 19.6. The van der Waals surface area contributed by atoms with E-state index in [1.807, 2.05) is 84.9 Å². The van der Waals surface area contributed by atoms with Gasteiger partial charge in [0.25, 0.3) is 5.91 Å². The highest BCUT2D eigenvalue weighted by atomic mass is 32.2. The standard InChI is InChI=1S/C29H27N3O2S/c1-2-3-10-21-15-17-23(18-16-21)31-27(33)25(20-30)29-32(24-13-8-5-9-14-24)28(34)26(35-29)19-22-11-6-4-7-12-22/h4-9,11-18,26H,2-3,10,19H2,1H3,(H,31,33)/b29-25+/t26-/m1/s1. The summed E-state index contributed by atoms with van der Waals surface area (Å²) in [5, 5.41) is 12.8. The molecule has 0 bridgehead atoms. The minimum Gasteiger partial charge on any atom is -0.321 e. The molecule has 0 unspecified atom stereocenters. The lowest BCUT2D eigenvalue weighted by molar-refractivity contribution is -0.117. The Morgan fingerprint density at radius 3 is 2.26 bits per heavy atom. The molecule has 4 rings (SSSR count). The molecule has 0 aromatic heterocycles. The number of anilines is 2. The summed E-state index contributed by atoms with van der Waals surface area (Å²) in [6, 6.07) is 28.7. The highest BCUT2D eigenvalue weighted by molar-refractivity contribution is 8.05. The smallest absolute Gasteiger partial charge is 0.269 e. The summed E-state index contributed by atoms with van der Waals surface area (Å²) >= 11 is 1.27. The Morgan fingerprint density at radius 2 is 1.63 bits per heavy atom. The minimum absolute atomic E-state index is 0.0715. The second kappa shape index (κ2) is 11.5. The van der Waals surface area contributed by atoms with Crippen LogP contribution in [0.25, 0.3) is 0 Å². The maximum Gasteiger partial charge on any atom is 0.269 e. The van der Waals surface area contributed by atoms with Crippen molar-refractivity contribution in [3.8, 4) is 6.07 Å². The number of thioether (sulfide) groups is 1. The van der Waals surface area contributed by atoms with E-state index in [4.69, 9.17) is 0 Å². The molecule has 35 heavy (non-hydrogen) atoms. The van der Waals surface area contributed by atoms with Crippen LogP contribution in [0.2, 0.25) is 0 Å². The van der Waals surface area contributed by atoms with Crippen LogP contribution in [0.3, 0.4) is 0 Å². The van der Waals surface area contributed by atoms with Crippen LogP contribution in [0.1, 0.15) is 30.9 Å². The van der Waals surface area contributed by atoms with Crippen molar-refractivity contribution in [2.45, 2.75) is 37.9 Å². The summed E-state index contributed by atoms with van der Waals surface area (Å²) in [7, 11) is 0. The van der Waals surface area contributed by atoms with E-state index in [0.717, 1.165) is 24.8 Å². The van der Waals surface area contributed by atoms with Gasteiger partial charge in [-0.2, -0.15) is 5.26 Å². The number of hydrogen-bond acceptors (Lipinski definition) is 4. The third-order valence-corrected chi connectivity index (χ3v) is 7.08. The summed E-state index contributed by atoms with van der Waals surface area (Å²) in [5.41, 5.74) is 3.41. The van der Waals surface area contributed by atoms with Gasteiger partial charge in [0, 0.05) is 11.4 Å². The van der Waals surface area contributed by atoms with Crippen molar-refractivity contribution < 1.29 is 9.59 Å². The van der Waals surface area contributed by atoms with Gasteiger partial charge >= 0.3 is 0 Å². The maximum absolute atomic E-state index is 13.5. The molecule has 176 valence electrons. The van der Waals surface area contributed by atoms with Crippen LogP contribution >= 0.6 is 11.8 Å². The van der Waals surface area contributed by atoms with Crippen LogP contribution in [0, 0.1) is 11.3 Å². The molecule has 3 aromatic carbocycles. The van der Waals surface area contributed by atoms with E-state index >= 15 is 0 Å². The molecule has 1 aliphatic rings. The topological polar surface area (TPSA) is 73.2 Å². The Hall–Kier alpha value is -3.82. The number of carbonyl (C=O) groups excluding carboxylic acids is 2. The normalized spacial score (nSPS) is 16.6. The fraction of sp³-hybridized carbons (Fsp3) is 0.207. The predicted octanol–water partition coefficient (Wildman–Crippen LogP) is 6.09. The van der Waals surface area contributed by atoms with Crippen LogP contribution in [-0.4, -0.2) is 17.1 Å². The van der Waals surface area contributed by atoms with E-state index in [9.17, 15) is 14.9 Å². The molecule has 0 spiro atoms. The zero-order chi connectivity index (χ0) is 24.6. The largest absolute Gasteiger partial charge is 0.321 e. The van der Waals surface area contributed by atoms with Crippen LogP contribution in [0.15, 0.2) is 95.5 Å². The molecule has 0 saturated carbocycles. The fourth-order valence-electron chi connectivity index (χ4n) is 3.96. The number of amides is 2.